The number of piperazine rings is 1. The molecule has 0 unspecified atom stereocenters. The van der Waals surface area contributed by atoms with Crippen molar-refractivity contribution in [3.05, 3.63) is 29.8 Å². The Morgan fingerprint density at radius 1 is 1.12 bits per heavy atom. The Labute approximate surface area is 158 Å². The Balaban J connectivity index is 2.10. The first-order chi connectivity index (χ1) is 12.2. The number of carbonyl (C=O) groups excluding carboxylic acids is 1. The molecular formula is C20H35N5O. The highest BCUT2D eigenvalue weighted by atomic mass is 16.2. The van der Waals surface area contributed by atoms with Gasteiger partial charge in [0.1, 0.15) is 0 Å². The molecule has 2 rings (SSSR count). The molecule has 1 aromatic rings. The molecule has 146 valence electrons. The zero-order chi connectivity index (χ0) is 19.3. The van der Waals surface area contributed by atoms with Crippen LogP contribution in [0.15, 0.2) is 24.3 Å². The molecule has 1 aliphatic rings. The topological polar surface area (TPSA) is 50.9 Å². The Morgan fingerprint density at radius 3 is 2.19 bits per heavy atom. The van der Waals surface area contributed by atoms with Gasteiger partial charge in [0, 0.05) is 58.0 Å². The first-order valence-corrected chi connectivity index (χ1v) is 9.41. The third-order valence-electron chi connectivity index (χ3n) is 4.72. The summed E-state index contributed by atoms with van der Waals surface area (Å²) in [5.41, 5.74) is 2.20. The molecular weight excluding hydrogens is 326 g/mol. The van der Waals surface area contributed by atoms with Gasteiger partial charge in [0.15, 0.2) is 0 Å². The lowest BCUT2D eigenvalue weighted by Gasteiger charge is -2.38. The van der Waals surface area contributed by atoms with Crippen LogP contribution in [-0.4, -0.2) is 75.2 Å². The second-order valence-corrected chi connectivity index (χ2v) is 8.43. The van der Waals surface area contributed by atoms with Gasteiger partial charge in [0.2, 0.25) is 0 Å². The molecule has 6 heteroatoms. The monoisotopic (exact) mass is 361 g/mol. The van der Waals surface area contributed by atoms with Gasteiger partial charge in [0.25, 0.3) is 0 Å². The molecule has 1 aliphatic heterocycles. The summed E-state index contributed by atoms with van der Waals surface area (Å²) < 4.78 is 0. The van der Waals surface area contributed by atoms with Crippen molar-refractivity contribution < 1.29 is 4.79 Å². The van der Waals surface area contributed by atoms with Crippen LogP contribution in [0.3, 0.4) is 0 Å². The normalized spacial score (nSPS) is 17.6. The highest BCUT2D eigenvalue weighted by Gasteiger charge is 2.25. The number of carbonyl (C=O) groups is 1. The summed E-state index contributed by atoms with van der Waals surface area (Å²) in [7, 11) is 6.25. The largest absolute Gasteiger partial charge is 0.378 e. The number of hydrogen-bond donors (Lipinski definition) is 2. The summed E-state index contributed by atoms with van der Waals surface area (Å²) in [6, 6.07) is 8.73. The molecule has 0 radical (unpaired) electrons. The molecule has 0 bridgehead atoms. The SMILES string of the molecule is CN1CCN([C@@H](CNC(=O)NC(C)(C)C)c2ccc(N(C)C)cc2)CC1. The Bertz CT molecular complexity index is 571. The summed E-state index contributed by atoms with van der Waals surface area (Å²) in [6.07, 6.45) is 0. The zero-order valence-electron chi connectivity index (χ0n) is 17.2. The summed E-state index contributed by atoms with van der Waals surface area (Å²) in [5, 5.41) is 6.04. The van der Waals surface area contributed by atoms with Crippen molar-refractivity contribution >= 4 is 11.7 Å². The molecule has 0 aromatic heterocycles. The van der Waals surface area contributed by atoms with E-state index >= 15 is 0 Å². The minimum absolute atomic E-state index is 0.110. The number of amides is 2. The van der Waals surface area contributed by atoms with Crippen molar-refractivity contribution in [3.63, 3.8) is 0 Å². The van der Waals surface area contributed by atoms with Crippen LogP contribution in [0.25, 0.3) is 0 Å². The van der Waals surface area contributed by atoms with E-state index in [0.29, 0.717) is 6.54 Å². The predicted molar refractivity (Wildman–Crippen MR) is 109 cm³/mol. The summed E-state index contributed by atoms with van der Waals surface area (Å²) in [5.74, 6) is 0. The maximum atomic E-state index is 12.2. The molecule has 0 spiro atoms. The van der Waals surface area contributed by atoms with Crippen molar-refractivity contribution in [1.29, 1.82) is 0 Å². The highest BCUT2D eigenvalue weighted by molar-refractivity contribution is 5.74. The van der Waals surface area contributed by atoms with E-state index in [1.165, 1.54) is 11.3 Å². The molecule has 26 heavy (non-hydrogen) atoms. The number of nitrogens with one attached hydrogen (secondary N) is 2. The van der Waals surface area contributed by atoms with Gasteiger partial charge in [-0.15, -0.1) is 0 Å². The predicted octanol–water partition coefficient (Wildman–Crippen LogP) is 2.14. The molecule has 0 saturated carbocycles. The number of rotatable bonds is 5. The van der Waals surface area contributed by atoms with Gasteiger partial charge >= 0.3 is 6.03 Å². The third-order valence-corrected chi connectivity index (χ3v) is 4.72. The van der Waals surface area contributed by atoms with E-state index < -0.39 is 0 Å². The van der Waals surface area contributed by atoms with E-state index in [1.807, 2.05) is 34.9 Å². The Kier molecular flexibility index (Phi) is 6.89. The number of hydrogen-bond acceptors (Lipinski definition) is 4. The van der Waals surface area contributed by atoms with Gasteiger partial charge in [0.05, 0.1) is 6.04 Å². The molecule has 1 fully saturated rings. The van der Waals surface area contributed by atoms with Crippen molar-refractivity contribution in [1.82, 2.24) is 20.4 Å². The average Bonchev–Trinajstić information content (AvgIpc) is 2.55. The van der Waals surface area contributed by atoms with Gasteiger partial charge < -0.3 is 20.4 Å². The van der Waals surface area contributed by atoms with Gasteiger partial charge in [-0.2, -0.15) is 0 Å². The number of anilines is 1. The number of nitrogens with zero attached hydrogens (tertiary/aromatic N) is 3. The Morgan fingerprint density at radius 2 is 1.69 bits per heavy atom. The van der Waals surface area contributed by atoms with Gasteiger partial charge in [-0.25, -0.2) is 4.79 Å². The second kappa shape index (κ2) is 8.73. The van der Waals surface area contributed by atoms with Crippen LogP contribution in [0.2, 0.25) is 0 Å². The minimum atomic E-state index is -0.235. The molecule has 2 N–H and O–H groups in total. The van der Waals surface area contributed by atoms with Crippen molar-refractivity contribution in [2.45, 2.75) is 32.4 Å². The maximum absolute atomic E-state index is 12.2. The molecule has 1 heterocycles. The number of urea groups is 1. The van der Waals surface area contributed by atoms with Gasteiger partial charge in [-0.1, -0.05) is 12.1 Å². The van der Waals surface area contributed by atoms with E-state index in [1.54, 1.807) is 0 Å². The lowest BCUT2D eigenvalue weighted by atomic mass is 10.0. The van der Waals surface area contributed by atoms with Crippen molar-refractivity contribution in [2.75, 3.05) is 58.8 Å². The quantitative estimate of drug-likeness (QED) is 0.844. The molecule has 1 aromatic carbocycles. The molecule has 2 amide bonds. The fourth-order valence-electron chi connectivity index (χ4n) is 3.16. The summed E-state index contributed by atoms with van der Waals surface area (Å²) in [6.45, 7) is 10.7. The van der Waals surface area contributed by atoms with E-state index in [4.69, 9.17) is 0 Å². The van der Waals surface area contributed by atoms with Crippen LogP contribution in [0.5, 0.6) is 0 Å². The van der Waals surface area contributed by atoms with Gasteiger partial charge in [-0.3, -0.25) is 4.90 Å². The fourth-order valence-corrected chi connectivity index (χ4v) is 3.16. The van der Waals surface area contributed by atoms with E-state index in [0.717, 1.165) is 26.2 Å². The smallest absolute Gasteiger partial charge is 0.315 e. The summed E-state index contributed by atoms with van der Waals surface area (Å²) >= 11 is 0. The standard InChI is InChI=1S/C20H35N5O/c1-20(2,3)22-19(26)21-15-18(25-13-11-24(6)12-14-25)16-7-9-17(10-8-16)23(4)5/h7-10,18H,11-15H2,1-6H3,(H2,21,22,26)/t18-/m0/s1. The molecule has 1 atom stereocenters. The average molecular weight is 362 g/mol. The second-order valence-electron chi connectivity index (χ2n) is 8.43. The van der Waals surface area contributed by atoms with Crippen LogP contribution in [0, 0.1) is 0 Å². The van der Waals surface area contributed by atoms with Crippen LogP contribution in [0.4, 0.5) is 10.5 Å². The van der Waals surface area contributed by atoms with Crippen molar-refractivity contribution in [2.24, 2.45) is 0 Å². The Hall–Kier alpha value is -1.79. The van der Waals surface area contributed by atoms with Crippen LogP contribution >= 0.6 is 0 Å². The molecule has 1 saturated heterocycles. The van der Waals surface area contributed by atoms with Crippen LogP contribution in [0.1, 0.15) is 32.4 Å². The first-order valence-electron chi connectivity index (χ1n) is 9.41. The first kappa shape index (κ1) is 20.5. The zero-order valence-corrected chi connectivity index (χ0v) is 17.2. The van der Waals surface area contributed by atoms with E-state index in [9.17, 15) is 4.79 Å². The maximum Gasteiger partial charge on any atom is 0.315 e. The van der Waals surface area contributed by atoms with Gasteiger partial charge in [-0.05, 0) is 45.5 Å². The molecule has 6 nitrogen and oxygen atoms in total. The lowest BCUT2D eigenvalue weighted by molar-refractivity contribution is 0.111. The van der Waals surface area contributed by atoms with E-state index in [2.05, 4.69) is 56.6 Å². The van der Waals surface area contributed by atoms with Crippen LogP contribution < -0.4 is 15.5 Å². The third kappa shape index (κ3) is 6.18. The number of likely N-dealkylation sites (N-methyl/N-ethyl adjacent to an activating group) is 1. The minimum Gasteiger partial charge on any atom is -0.378 e. The summed E-state index contributed by atoms with van der Waals surface area (Å²) in [4.78, 5) is 19.1. The lowest BCUT2D eigenvalue weighted by Crippen LogP contribution is -2.51. The number of benzene rings is 1. The van der Waals surface area contributed by atoms with E-state index in [-0.39, 0.29) is 17.6 Å². The highest BCUT2D eigenvalue weighted by Crippen LogP contribution is 2.24. The van der Waals surface area contributed by atoms with Crippen LogP contribution in [-0.2, 0) is 0 Å². The molecule has 0 aliphatic carbocycles. The fraction of sp³-hybridized carbons (Fsp3) is 0.650. The van der Waals surface area contributed by atoms with Crippen molar-refractivity contribution in [3.8, 4) is 0 Å².